The molecule has 0 saturated carbocycles. The Labute approximate surface area is 284 Å². The molecule has 0 fully saturated rings. The van der Waals surface area contributed by atoms with Crippen LogP contribution < -0.4 is 20.4 Å². The fourth-order valence-corrected chi connectivity index (χ4v) is 3.81. The van der Waals surface area contributed by atoms with E-state index in [1.165, 1.54) is 69.6 Å². The third-order valence-electron chi connectivity index (χ3n) is 2.89. The van der Waals surface area contributed by atoms with Crippen molar-refractivity contribution in [2.24, 2.45) is 0 Å². The molecule has 4 heterocycles. The molecule has 0 saturated heterocycles. The molecule has 0 bridgehead atoms. The molecule has 0 aromatic carbocycles. The minimum atomic E-state index is -1.10. The van der Waals surface area contributed by atoms with Gasteiger partial charge in [-0.15, -0.1) is 45.3 Å². The number of rotatable bonds is 4. The molecular formula is C20H12O8S4Sr2. The summed E-state index contributed by atoms with van der Waals surface area (Å²) >= 11 is 4.68. The standard InChI is InChI=1S/4C5H4O2S.2Sr/c4*6-5(7)4-2-1-3-8-4;;/h4*1-3H,(H,6,7);;/q;;;;2*+2/p-4. The van der Waals surface area contributed by atoms with Crippen molar-refractivity contribution in [1.82, 2.24) is 0 Å². The number of hydrogen-bond donors (Lipinski definition) is 0. The van der Waals surface area contributed by atoms with Crippen molar-refractivity contribution < 1.29 is 39.6 Å². The average Bonchev–Trinajstić information content (AvgIpc) is 3.56. The number of thiophene rings is 4. The first-order valence-corrected chi connectivity index (χ1v) is 11.7. The summed E-state index contributed by atoms with van der Waals surface area (Å²) in [6.45, 7) is 0. The van der Waals surface area contributed by atoms with Crippen molar-refractivity contribution in [3.05, 3.63) is 89.6 Å². The van der Waals surface area contributed by atoms with Crippen LogP contribution in [0.2, 0.25) is 0 Å². The van der Waals surface area contributed by atoms with Crippen molar-refractivity contribution in [2.45, 2.75) is 0 Å². The van der Waals surface area contributed by atoms with Crippen LogP contribution in [0.4, 0.5) is 0 Å². The van der Waals surface area contributed by atoms with E-state index in [-0.39, 0.29) is 110 Å². The van der Waals surface area contributed by atoms with Gasteiger partial charge in [0.1, 0.15) is 0 Å². The first-order chi connectivity index (χ1) is 15.2. The van der Waals surface area contributed by atoms with Crippen molar-refractivity contribution in [2.75, 3.05) is 0 Å². The number of carboxylic acids is 4. The molecule has 0 amide bonds. The number of hydrogen-bond acceptors (Lipinski definition) is 12. The van der Waals surface area contributed by atoms with Crippen molar-refractivity contribution in [1.29, 1.82) is 0 Å². The molecule has 4 rings (SSSR count). The van der Waals surface area contributed by atoms with Gasteiger partial charge in [0.15, 0.2) is 0 Å². The van der Waals surface area contributed by atoms with Gasteiger partial charge in [0.05, 0.1) is 23.9 Å². The third-order valence-corrected chi connectivity index (χ3v) is 6.29. The zero-order valence-corrected chi connectivity index (χ0v) is 27.5. The van der Waals surface area contributed by atoms with Crippen LogP contribution in [0.3, 0.4) is 0 Å². The van der Waals surface area contributed by atoms with E-state index >= 15 is 0 Å². The largest absolute Gasteiger partial charge is 2.00 e. The molecule has 0 radical (unpaired) electrons. The Kier molecular flexibility index (Phi) is 21.9. The molecule has 0 aliphatic heterocycles. The SMILES string of the molecule is O=C([O-])c1cccs1.O=C([O-])c1cccs1.O=C([O-])c1cccs1.O=C([O-])c1cccs1.[Sr+2].[Sr+2]. The van der Waals surface area contributed by atoms with Crippen LogP contribution >= 0.6 is 45.3 Å². The second kappa shape index (κ2) is 20.8. The van der Waals surface area contributed by atoms with Gasteiger partial charge in [-0.25, -0.2) is 0 Å². The summed E-state index contributed by atoms with van der Waals surface area (Å²) in [6.07, 6.45) is 0. The van der Waals surface area contributed by atoms with Crippen molar-refractivity contribution >= 4 is 160 Å². The van der Waals surface area contributed by atoms with Crippen molar-refractivity contribution in [3.8, 4) is 0 Å². The first-order valence-electron chi connectivity index (χ1n) is 8.21. The Balaban J connectivity index is 0. The van der Waals surface area contributed by atoms with Gasteiger partial charge >= 0.3 is 91.0 Å². The average molecular weight is 684 g/mol. The van der Waals surface area contributed by atoms with E-state index < -0.39 is 23.9 Å². The van der Waals surface area contributed by atoms with E-state index in [2.05, 4.69) is 0 Å². The van der Waals surface area contributed by atoms with Crippen LogP contribution in [0, 0.1) is 0 Å². The fraction of sp³-hybridized carbons (Fsp3) is 0. The molecule has 0 spiro atoms. The summed E-state index contributed by atoms with van der Waals surface area (Å²) in [4.78, 5) is 41.0. The van der Waals surface area contributed by atoms with Crippen LogP contribution in [0.25, 0.3) is 0 Å². The van der Waals surface area contributed by atoms with E-state index in [1.807, 2.05) is 0 Å². The summed E-state index contributed by atoms with van der Waals surface area (Å²) in [6, 6.07) is 12.8. The van der Waals surface area contributed by atoms with E-state index in [4.69, 9.17) is 0 Å². The predicted octanol–water partition coefficient (Wildman–Crippen LogP) is -0.315. The molecule has 0 aliphatic carbocycles. The zero-order valence-electron chi connectivity index (χ0n) is 17.2. The van der Waals surface area contributed by atoms with E-state index in [9.17, 15) is 39.6 Å². The molecule has 0 N–H and O–H groups in total. The summed E-state index contributed by atoms with van der Waals surface area (Å²) < 4.78 is 0. The smallest absolute Gasteiger partial charge is 0.544 e. The van der Waals surface area contributed by atoms with Crippen molar-refractivity contribution in [3.63, 3.8) is 0 Å². The molecule has 168 valence electrons. The van der Waals surface area contributed by atoms with Gasteiger partial charge in [0, 0.05) is 19.5 Å². The minimum Gasteiger partial charge on any atom is -0.544 e. The topological polar surface area (TPSA) is 161 Å². The second-order valence-electron chi connectivity index (χ2n) is 5.06. The molecular weight excluding hydrogens is 672 g/mol. The molecule has 4 aromatic heterocycles. The number of carbonyl (C=O) groups is 4. The molecule has 8 nitrogen and oxygen atoms in total. The molecule has 0 aliphatic rings. The van der Waals surface area contributed by atoms with E-state index in [1.54, 1.807) is 45.8 Å². The normalized spacial score (nSPS) is 8.47. The van der Waals surface area contributed by atoms with Crippen LogP contribution in [0.1, 0.15) is 38.7 Å². The zero-order chi connectivity index (χ0) is 23.9. The molecule has 0 unspecified atom stereocenters. The molecule has 14 heteroatoms. The van der Waals surface area contributed by atoms with Gasteiger partial charge in [0.2, 0.25) is 0 Å². The Morgan fingerprint density at radius 3 is 0.676 bits per heavy atom. The summed E-state index contributed by atoms with van der Waals surface area (Å²) in [5.41, 5.74) is 0. The van der Waals surface area contributed by atoms with Gasteiger partial charge in [0.25, 0.3) is 0 Å². The first kappa shape index (κ1) is 35.8. The van der Waals surface area contributed by atoms with Gasteiger partial charge in [-0.05, 0) is 45.8 Å². The summed E-state index contributed by atoms with van der Waals surface area (Å²) in [5.74, 6) is -4.39. The quantitative estimate of drug-likeness (QED) is 0.265. The monoisotopic (exact) mass is 684 g/mol. The number of carbonyl (C=O) groups excluding carboxylic acids is 4. The van der Waals surface area contributed by atoms with Gasteiger partial charge in [-0.1, -0.05) is 24.3 Å². The Bertz CT molecular complexity index is 901. The van der Waals surface area contributed by atoms with Gasteiger partial charge in [-0.2, -0.15) is 0 Å². The van der Waals surface area contributed by atoms with E-state index in [0.29, 0.717) is 0 Å². The molecule has 0 atom stereocenters. The van der Waals surface area contributed by atoms with Crippen LogP contribution in [0.15, 0.2) is 70.1 Å². The maximum Gasteiger partial charge on any atom is 2.00 e. The van der Waals surface area contributed by atoms with Crippen LogP contribution in [-0.2, 0) is 0 Å². The van der Waals surface area contributed by atoms with Gasteiger partial charge in [-0.3, -0.25) is 0 Å². The predicted molar refractivity (Wildman–Crippen MR) is 126 cm³/mol. The summed E-state index contributed by atoms with van der Waals surface area (Å²) in [7, 11) is 0. The minimum absolute atomic E-state index is 0. The van der Waals surface area contributed by atoms with Gasteiger partial charge < -0.3 is 39.6 Å². The fourth-order valence-electron chi connectivity index (χ4n) is 1.58. The number of aromatic carboxylic acids is 4. The second-order valence-corrected chi connectivity index (χ2v) is 8.85. The Morgan fingerprint density at radius 2 is 0.618 bits per heavy atom. The molecule has 4 aromatic rings. The third kappa shape index (κ3) is 15.6. The van der Waals surface area contributed by atoms with E-state index in [0.717, 1.165) is 0 Å². The Morgan fingerprint density at radius 1 is 0.441 bits per heavy atom. The Hall–Kier alpha value is -0.359. The number of carboxylic acid groups (broad SMARTS) is 4. The van der Waals surface area contributed by atoms with Crippen LogP contribution in [-0.4, -0.2) is 115 Å². The maximum atomic E-state index is 9.96. The summed E-state index contributed by atoms with van der Waals surface area (Å²) in [5, 5.41) is 46.6. The molecule has 34 heavy (non-hydrogen) atoms. The maximum absolute atomic E-state index is 9.96. The van der Waals surface area contributed by atoms with Crippen LogP contribution in [0.5, 0.6) is 0 Å².